The first-order valence-corrected chi connectivity index (χ1v) is 29.7. The second-order valence-corrected chi connectivity index (χ2v) is 33.3. The van der Waals surface area contributed by atoms with Crippen molar-refractivity contribution in [2.75, 3.05) is 14.2 Å². The van der Waals surface area contributed by atoms with Crippen LogP contribution in [-0.4, -0.2) is 51.7 Å². The molecule has 0 aromatic heterocycles. The number of hydrogen-bond acceptors (Lipinski definition) is 11. The summed E-state index contributed by atoms with van der Waals surface area (Å²) in [6.45, 7) is 6.94. The van der Waals surface area contributed by atoms with E-state index < -0.39 is 101 Å². The number of sulfonamides is 4. The van der Waals surface area contributed by atoms with E-state index in [2.05, 4.69) is 0 Å². The van der Waals surface area contributed by atoms with E-state index in [1.807, 2.05) is 0 Å². The predicted molar refractivity (Wildman–Crippen MR) is 250 cm³/mol. The van der Waals surface area contributed by atoms with Crippen LogP contribution in [0.2, 0.25) is 0 Å². The first-order chi connectivity index (χ1) is 28.8. The molecule has 0 radical (unpaired) electrons. The van der Waals surface area contributed by atoms with Gasteiger partial charge in [0.05, 0.1) is 0 Å². The van der Waals surface area contributed by atoms with Crippen molar-refractivity contribution < 1.29 is 44.5 Å². The minimum atomic E-state index is -5.10. The van der Waals surface area contributed by atoms with Crippen molar-refractivity contribution in [2.45, 2.75) is 47.3 Å². The van der Waals surface area contributed by atoms with Gasteiger partial charge in [-0.3, -0.25) is 0 Å². The zero-order valence-electron chi connectivity index (χ0n) is 33.6. The van der Waals surface area contributed by atoms with Crippen LogP contribution in [-0.2, 0) is 41.5 Å². The van der Waals surface area contributed by atoms with Gasteiger partial charge < -0.3 is 0 Å². The van der Waals surface area contributed by atoms with Crippen LogP contribution >= 0.6 is 41.0 Å². The molecule has 61 heavy (non-hydrogen) atoms. The molecule has 0 atom stereocenters. The van der Waals surface area contributed by atoms with E-state index in [1.165, 1.54) is 160 Å². The van der Waals surface area contributed by atoms with E-state index in [4.69, 9.17) is 10.9 Å². The third-order valence-corrected chi connectivity index (χ3v) is 35.7. The summed E-state index contributed by atoms with van der Waals surface area (Å²) in [4.78, 5) is -1.58. The standard InChI is InChI=1S/C42H42I2N2O11S4/c1-31-7-23-39(24-8-31)58(47,48)45(59(49,50)40-25-9-32(2)10-26-40)43(35-15-19-37(55-5)20-16-35)57-44(36-17-21-38(56-6)22-18-36)46(60(51,52)41-27-11-33(3)12-28-41)61(53,54)42-29-13-34(4)14-30-42/h7-30H,1-6H3. The molecule has 324 valence electrons. The Kier molecular flexibility index (Phi) is 14.4. The number of rotatable bonds is 16. The summed E-state index contributed by atoms with van der Waals surface area (Å²) in [5.74, 6) is 0.676. The van der Waals surface area contributed by atoms with Gasteiger partial charge in [-0.2, -0.15) is 0 Å². The van der Waals surface area contributed by atoms with Gasteiger partial charge in [-0.05, 0) is 0 Å². The van der Waals surface area contributed by atoms with Crippen molar-refractivity contribution in [2.24, 2.45) is 0 Å². The van der Waals surface area contributed by atoms with Crippen LogP contribution < -0.4 is 9.47 Å². The Bertz CT molecular complexity index is 2580. The fraction of sp³-hybridized carbons (Fsp3) is 0.143. The van der Waals surface area contributed by atoms with Crippen molar-refractivity contribution in [1.29, 1.82) is 0 Å². The minimum absolute atomic E-state index is 0.0626. The van der Waals surface area contributed by atoms with Gasteiger partial charge in [-0.1, -0.05) is 0 Å². The Morgan fingerprint density at radius 2 is 0.557 bits per heavy atom. The van der Waals surface area contributed by atoms with Gasteiger partial charge in [0.2, 0.25) is 0 Å². The zero-order chi connectivity index (χ0) is 44.3. The summed E-state index contributed by atoms with van der Waals surface area (Å²) in [5.41, 5.74) is 2.78. The molecule has 0 bridgehead atoms. The predicted octanol–water partition coefficient (Wildman–Crippen LogP) is 8.83. The Hall–Kier alpha value is -3.94. The van der Waals surface area contributed by atoms with Gasteiger partial charge in [0, 0.05) is 0 Å². The van der Waals surface area contributed by atoms with E-state index in [-0.39, 0.29) is 7.14 Å². The van der Waals surface area contributed by atoms with Crippen LogP contribution in [0.25, 0.3) is 0 Å². The molecule has 0 fully saturated rings. The van der Waals surface area contributed by atoms with Crippen LogP contribution in [0.5, 0.6) is 11.5 Å². The van der Waals surface area contributed by atoms with Gasteiger partial charge in [0.25, 0.3) is 0 Å². The van der Waals surface area contributed by atoms with Crippen LogP contribution in [0.1, 0.15) is 22.3 Å². The zero-order valence-corrected chi connectivity index (χ0v) is 41.2. The molecule has 6 aromatic carbocycles. The van der Waals surface area contributed by atoms with Gasteiger partial charge in [-0.25, -0.2) is 0 Å². The third kappa shape index (κ3) is 9.99. The number of hydrogen-bond donors (Lipinski definition) is 0. The molecule has 6 aromatic rings. The van der Waals surface area contributed by atoms with E-state index in [0.717, 1.165) is 0 Å². The number of ether oxygens (including phenoxy) is 2. The first-order valence-electron chi connectivity index (χ1n) is 18.1. The molecular formula is C42H42I2N2O11S4. The fourth-order valence-corrected chi connectivity index (χ4v) is 36.1. The molecule has 0 aliphatic rings. The monoisotopic (exact) mass is 1130 g/mol. The normalized spacial score (nSPS) is 12.9. The fourth-order valence-electron chi connectivity index (χ4n) is 5.44. The SMILES string of the molecule is COc1ccc(I(OI(c2ccc(OC)cc2)N(S(=O)(=O)c2ccc(C)cc2)S(=O)(=O)c2ccc(C)cc2)N(S(=O)(=O)c2ccc(C)cc2)S(=O)(=O)c2ccc(C)cc2)cc1. The first kappa shape index (κ1) is 46.6. The molecule has 0 aliphatic heterocycles. The molecule has 0 heterocycles. The summed E-state index contributed by atoms with van der Waals surface area (Å²) < 4.78 is 140. The van der Waals surface area contributed by atoms with Crippen molar-refractivity contribution in [3.8, 4) is 11.5 Å². The molecule has 6 rings (SSSR count). The molecule has 0 aliphatic carbocycles. The second kappa shape index (κ2) is 18.8. The second-order valence-electron chi connectivity index (χ2n) is 13.4. The van der Waals surface area contributed by atoms with E-state index in [9.17, 15) is 0 Å². The number of aryl methyl sites for hydroxylation is 4. The van der Waals surface area contributed by atoms with E-state index in [0.29, 0.717) is 37.6 Å². The molecule has 0 amide bonds. The molecule has 0 spiro atoms. The summed E-state index contributed by atoms with van der Waals surface area (Å²) >= 11 is -9.43. The Balaban J connectivity index is 1.72. The molecule has 13 nitrogen and oxygen atoms in total. The van der Waals surface area contributed by atoms with Crippen LogP contribution in [0.3, 0.4) is 0 Å². The Labute approximate surface area is 374 Å². The van der Waals surface area contributed by atoms with Crippen LogP contribution in [0, 0.1) is 34.8 Å². The van der Waals surface area contributed by atoms with Gasteiger partial charge in [0.15, 0.2) is 0 Å². The molecule has 19 heteroatoms. The third-order valence-electron chi connectivity index (χ3n) is 8.86. The van der Waals surface area contributed by atoms with Crippen LogP contribution in [0.4, 0.5) is 0 Å². The molecule has 0 saturated heterocycles. The average molecular weight is 1130 g/mol. The van der Waals surface area contributed by atoms with E-state index in [1.54, 1.807) is 27.7 Å². The maximum atomic E-state index is 15.2. The average Bonchev–Trinajstić information content (AvgIpc) is 3.23. The van der Waals surface area contributed by atoms with Crippen molar-refractivity contribution in [1.82, 2.24) is 3.85 Å². The quantitative estimate of drug-likeness (QED) is 0.0670. The number of nitrogens with zero attached hydrogens (tertiary/aromatic N) is 2. The van der Waals surface area contributed by atoms with Crippen molar-refractivity contribution in [3.63, 3.8) is 0 Å². The number of benzene rings is 6. The van der Waals surface area contributed by atoms with Gasteiger partial charge in [-0.15, -0.1) is 0 Å². The number of methoxy groups -OCH3 is 2. The van der Waals surface area contributed by atoms with Crippen molar-refractivity contribution in [3.05, 3.63) is 175 Å². The molecule has 0 unspecified atom stereocenters. The van der Waals surface area contributed by atoms with Gasteiger partial charge in [0.1, 0.15) is 0 Å². The van der Waals surface area contributed by atoms with Crippen LogP contribution in [0.15, 0.2) is 165 Å². The van der Waals surface area contributed by atoms with Gasteiger partial charge >= 0.3 is 377 Å². The summed E-state index contributed by atoms with van der Waals surface area (Å²) in [5, 5.41) is 0. The van der Waals surface area contributed by atoms with Crippen molar-refractivity contribution >= 4 is 81.1 Å². The summed E-state index contributed by atoms with van der Waals surface area (Å²) in [6, 6.07) is 33.8. The Morgan fingerprint density at radius 1 is 0.344 bits per heavy atom. The molecule has 0 saturated carbocycles. The molecular weight excluding hydrogens is 1090 g/mol. The van der Waals surface area contributed by atoms with E-state index >= 15 is 33.7 Å². The maximum absolute atomic E-state index is 15.2. The Morgan fingerprint density at radius 3 is 0.754 bits per heavy atom. The number of halogens is 2. The molecule has 0 N–H and O–H groups in total. The topological polar surface area (TPSA) is 171 Å². The summed E-state index contributed by atoms with van der Waals surface area (Å²) in [7, 11) is -17.6. The summed E-state index contributed by atoms with van der Waals surface area (Å²) in [6.07, 6.45) is 0.